The molecule has 8 N–H and O–H groups in total. The van der Waals surface area contributed by atoms with Gasteiger partial charge in [0, 0.05) is 74.5 Å². The second-order valence-corrected chi connectivity index (χ2v) is 26.6. The molecule has 0 saturated carbocycles. The second kappa shape index (κ2) is 28.0. The van der Waals surface area contributed by atoms with Crippen LogP contribution in [0.4, 0.5) is 16.2 Å². The molecule has 25 nitrogen and oxygen atoms in total. The third-order valence-electron chi connectivity index (χ3n) is 14.1. The van der Waals surface area contributed by atoms with Crippen molar-refractivity contribution in [2.24, 2.45) is 0 Å². The summed E-state index contributed by atoms with van der Waals surface area (Å²) in [5.41, 5.74) is 2.02. The number of nitrogens with zero attached hydrogens (tertiary/aromatic N) is 3. The van der Waals surface area contributed by atoms with Crippen LogP contribution in [0, 0.1) is 0 Å². The zero-order valence-electron chi connectivity index (χ0n) is 45.3. The van der Waals surface area contributed by atoms with Gasteiger partial charge >= 0.3 is 6.09 Å². The minimum Gasteiger partial charge on any atom is -0.438 e. The topological polar surface area (TPSA) is 371 Å². The first-order chi connectivity index (χ1) is 37.3. The molecule has 80 heavy (non-hydrogen) atoms. The fourth-order valence-corrected chi connectivity index (χ4v) is 12.0. The first kappa shape index (κ1) is 66.1. The van der Waals surface area contributed by atoms with Crippen LogP contribution in [0.5, 0.6) is 0 Å². The van der Waals surface area contributed by atoms with Gasteiger partial charge in [-0.2, -0.15) is 38.2 Å². The van der Waals surface area contributed by atoms with Crippen LogP contribution in [-0.2, 0) is 75.0 Å². The second-order valence-electron chi connectivity index (χ2n) is 20.6. The zero-order chi connectivity index (χ0) is 59.4. The molecule has 3 aliphatic rings. The van der Waals surface area contributed by atoms with Gasteiger partial charge in [0.2, 0.25) is 11.6 Å². The smallest absolute Gasteiger partial charge is 0.409 e. The molecule has 0 bridgehead atoms. The van der Waals surface area contributed by atoms with E-state index in [1.54, 1.807) is 30.4 Å². The van der Waals surface area contributed by atoms with Crippen LogP contribution < -0.4 is 10.2 Å². The quantitative estimate of drug-likeness (QED) is 0.0241. The Morgan fingerprint density at radius 1 is 0.775 bits per heavy atom. The lowest BCUT2D eigenvalue weighted by molar-refractivity contribution is -0.438. The van der Waals surface area contributed by atoms with Crippen molar-refractivity contribution >= 4 is 69.6 Å². The number of unbranched alkanes of at least 4 members (excludes halogenated alkanes) is 4. The van der Waals surface area contributed by atoms with Crippen LogP contribution in [0.3, 0.4) is 0 Å². The number of allylic oxidation sites excluding steroid dienone is 6. The third kappa shape index (κ3) is 17.9. The van der Waals surface area contributed by atoms with Crippen molar-refractivity contribution in [3.63, 3.8) is 0 Å². The van der Waals surface area contributed by atoms with Gasteiger partial charge in [-0.25, -0.2) is 4.79 Å². The molecule has 1 saturated heterocycles. The Labute approximate surface area is 467 Å². The van der Waals surface area contributed by atoms with E-state index in [1.165, 1.54) is 44.4 Å². The van der Waals surface area contributed by atoms with Crippen molar-refractivity contribution < 1.29 is 100 Å². The molecule has 448 valence electrons. The molecule has 5 rings (SSSR count). The van der Waals surface area contributed by atoms with Crippen molar-refractivity contribution in [3.05, 3.63) is 83.6 Å². The lowest BCUT2D eigenvalue weighted by atomic mass is 9.77. The predicted molar refractivity (Wildman–Crippen MR) is 292 cm³/mol. The molecule has 1 fully saturated rings. The maximum absolute atomic E-state index is 12.7. The Morgan fingerprint density at radius 2 is 1.41 bits per heavy atom. The molecule has 6 atom stereocenters. The van der Waals surface area contributed by atoms with Gasteiger partial charge in [0.1, 0.15) is 24.9 Å². The van der Waals surface area contributed by atoms with E-state index in [0.29, 0.717) is 54.0 Å². The number of amides is 2. The number of hydrogen-bond donors (Lipinski definition) is 8. The van der Waals surface area contributed by atoms with Crippen molar-refractivity contribution in [3.8, 4) is 0 Å². The van der Waals surface area contributed by atoms with Gasteiger partial charge in [-0.3, -0.25) is 23.0 Å². The average molecular weight is 1210 g/mol. The Bertz CT molecular complexity index is 3110. The maximum atomic E-state index is 12.7. The minimum absolute atomic E-state index is 0.0261. The van der Waals surface area contributed by atoms with E-state index in [-0.39, 0.29) is 87.1 Å². The summed E-state index contributed by atoms with van der Waals surface area (Å²) in [6, 6.07) is 8.48. The van der Waals surface area contributed by atoms with Gasteiger partial charge in [-0.05, 0) is 101 Å². The standard InChI is InChI=1S/C51H74N4O21S4/c1-50(2)37-32-35(79(67,68)69)19-21-39(37)54(25-12-7-10-18-44(57)52-24-27-73-28-29-74-48-47(76-49(60)53(4)5)46(59)45(58)41(34-56)75-48)42(50)16-8-6-9-17-43-51(3,23-11-14-30-77(61,62)63)38-33-36(80(70,71)72)20-22-40(38)55(43)26-13-15-31-78(64,65)66/h6,8-9,16-17,19-22,32-33,41,45-48,56,58-59H,7,10-15,18,23-31,34H2,1-5H3,(H4-,52,57,61,62,63,64,65,66,67,68,69,70,71,72)/p+1/t41-,45-,46+,47+,48+,51?/m1/s1. The summed E-state index contributed by atoms with van der Waals surface area (Å²) in [6.07, 6.45) is 4.00. The summed E-state index contributed by atoms with van der Waals surface area (Å²) in [5.74, 6) is -1.21. The third-order valence-corrected chi connectivity index (χ3v) is 17.4. The van der Waals surface area contributed by atoms with Crippen molar-refractivity contribution in [1.29, 1.82) is 0 Å². The van der Waals surface area contributed by atoms with E-state index in [4.69, 9.17) is 18.9 Å². The van der Waals surface area contributed by atoms with Gasteiger partial charge < -0.3 is 49.4 Å². The number of anilines is 1. The minimum atomic E-state index is -4.66. The fourth-order valence-electron chi connectivity index (χ4n) is 9.87. The van der Waals surface area contributed by atoms with E-state index in [1.807, 2.05) is 36.3 Å². The first-order valence-electron chi connectivity index (χ1n) is 25.9. The van der Waals surface area contributed by atoms with Crippen LogP contribution in [0.25, 0.3) is 0 Å². The number of nitrogens with one attached hydrogen (secondary N) is 1. The number of aliphatic hydroxyl groups excluding tert-OH is 3. The number of rotatable bonds is 30. The molecule has 0 aromatic heterocycles. The number of carbonyl (C=O) groups is 2. The van der Waals surface area contributed by atoms with Crippen LogP contribution in [0.15, 0.2) is 82.3 Å². The molecule has 3 heterocycles. The van der Waals surface area contributed by atoms with Crippen LogP contribution >= 0.6 is 0 Å². The summed E-state index contributed by atoms with van der Waals surface area (Å²) >= 11 is 0. The molecule has 2 aromatic rings. The molecule has 0 spiro atoms. The molecule has 3 aliphatic heterocycles. The first-order valence-corrected chi connectivity index (χ1v) is 32.0. The molecular formula is C51H75N4O21S4+. The van der Waals surface area contributed by atoms with E-state index in [0.717, 1.165) is 10.6 Å². The highest BCUT2D eigenvalue weighted by atomic mass is 32.2. The number of benzene rings is 2. The van der Waals surface area contributed by atoms with E-state index in [9.17, 15) is 76.8 Å². The SMILES string of the molecule is CN(C)C(=O)O[C@@H]1[C@@H](OCCOCCNC(=O)CCCCC[N+]2=C(C=CC=CC=C3N(CCCCS(=O)(=O)O)c4ccc(S(=O)(=O)O)cc4C3(C)CCCCS(=O)(=O)O)C(C)(C)c3cc(S(=O)(=O)O)ccc32)O[C@H](CO)[C@@H](O)[C@@H]1O. The highest BCUT2D eigenvalue weighted by Crippen LogP contribution is 2.51. The van der Waals surface area contributed by atoms with Crippen LogP contribution in [0.2, 0.25) is 0 Å². The molecule has 1 unspecified atom stereocenters. The molecule has 0 aliphatic carbocycles. The maximum Gasteiger partial charge on any atom is 0.409 e. The highest BCUT2D eigenvalue weighted by molar-refractivity contribution is 7.86. The highest BCUT2D eigenvalue weighted by Gasteiger charge is 2.48. The summed E-state index contributed by atoms with van der Waals surface area (Å²) in [7, 11) is -14.9. The van der Waals surface area contributed by atoms with E-state index >= 15 is 0 Å². The summed E-state index contributed by atoms with van der Waals surface area (Å²) in [5, 5.41) is 33.1. The Morgan fingerprint density at radius 3 is 2.04 bits per heavy atom. The Kier molecular flexibility index (Phi) is 23.1. The lowest BCUT2D eigenvalue weighted by Gasteiger charge is -2.41. The lowest BCUT2D eigenvalue weighted by Crippen LogP contribution is -2.61. The van der Waals surface area contributed by atoms with Gasteiger partial charge in [0.05, 0.1) is 53.1 Å². The van der Waals surface area contributed by atoms with E-state index < -0.39 is 106 Å². The van der Waals surface area contributed by atoms with Gasteiger partial charge in [0.15, 0.2) is 18.1 Å². The van der Waals surface area contributed by atoms with Crippen molar-refractivity contribution in [2.45, 2.75) is 130 Å². The zero-order valence-corrected chi connectivity index (χ0v) is 48.6. The van der Waals surface area contributed by atoms with Gasteiger partial charge in [-0.15, -0.1) is 0 Å². The summed E-state index contributed by atoms with van der Waals surface area (Å²) in [4.78, 5) is 27.3. The molecule has 2 aromatic carbocycles. The summed E-state index contributed by atoms with van der Waals surface area (Å²) < 4.78 is 158. The molecule has 0 radical (unpaired) electrons. The number of ether oxygens (including phenoxy) is 4. The van der Waals surface area contributed by atoms with E-state index in [2.05, 4.69) is 5.32 Å². The fraction of sp³-hybridized carbons (Fsp3) is 0.588. The number of aliphatic hydroxyl groups is 3. The predicted octanol–water partition coefficient (Wildman–Crippen LogP) is 3.27. The Balaban J connectivity index is 1.26. The molecule has 29 heteroatoms. The van der Waals surface area contributed by atoms with Crippen molar-refractivity contribution in [2.75, 3.05) is 76.6 Å². The monoisotopic (exact) mass is 1210 g/mol. The number of fused-ring (bicyclic) bond motifs is 2. The average Bonchev–Trinajstić information content (AvgIpc) is 3.98. The molecule has 2 amide bonds. The summed E-state index contributed by atoms with van der Waals surface area (Å²) in [6.45, 7) is 5.96. The van der Waals surface area contributed by atoms with Crippen LogP contribution in [0.1, 0.15) is 89.7 Å². The van der Waals surface area contributed by atoms with Crippen molar-refractivity contribution in [1.82, 2.24) is 10.2 Å². The van der Waals surface area contributed by atoms with Gasteiger partial charge in [-0.1, -0.05) is 24.6 Å². The number of carbonyl (C=O) groups excluding carboxylic acids is 2. The van der Waals surface area contributed by atoms with Gasteiger partial charge in [0.25, 0.3) is 40.5 Å². The Hall–Kier alpha value is -4.73. The number of hydrogen-bond acceptors (Lipinski definition) is 18. The normalized spacial score (nSPS) is 22.8. The largest absolute Gasteiger partial charge is 0.438 e. The molecular weight excluding hydrogens is 1130 g/mol. The van der Waals surface area contributed by atoms with Crippen LogP contribution in [-0.4, -0.2) is 197 Å².